The van der Waals surface area contributed by atoms with E-state index in [0.717, 1.165) is 23.1 Å². The largest absolute Gasteiger partial charge is 0.395 e. The molecule has 0 spiro atoms. The second-order valence-corrected chi connectivity index (χ2v) is 4.42. The lowest BCUT2D eigenvalue weighted by Gasteiger charge is -2.16. The molecule has 2 N–H and O–H groups in total. The number of nitrogens with one attached hydrogen (secondary N) is 1. The molecule has 0 fully saturated rings. The van der Waals surface area contributed by atoms with Gasteiger partial charge in [-0.15, -0.1) is 0 Å². The summed E-state index contributed by atoms with van der Waals surface area (Å²) in [4.78, 5) is 13.4. The Kier molecular flexibility index (Phi) is 4.06. The summed E-state index contributed by atoms with van der Waals surface area (Å²) in [6.07, 6.45) is 1.94. The Morgan fingerprint density at radius 2 is 2.16 bits per heavy atom. The summed E-state index contributed by atoms with van der Waals surface area (Å²) in [7, 11) is 1.66. The van der Waals surface area contributed by atoms with Crippen molar-refractivity contribution in [1.82, 2.24) is 9.47 Å². The van der Waals surface area contributed by atoms with Gasteiger partial charge in [0, 0.05) is 31.7 Å². The SMILES string of the molecule is CCn1cc(NC(=O)N(C)CCO)c2ccccc21. The van der Waals surface area contributed by atoms with Crippen molar-refractivity contribution in [2.75, 3.05) is 25.5 Å². The standard InChI is InChI=1S/C14H19N3O2/c1-3-17-10-12(11-6-4-5-7-13(11)17)15-14(19)16(2)8-9-18/h4-7,10,18H,3,8-9H2,1-2H3,(H,15,19). The van der Waals surface area contributed by atoms with Gasteiger partial charge in [-0.3, -0.25) is 0 Å². The highest BCUT2D eigenvalue weighted by Gasteiger charge is 2.12. The Hall–Kier alpha value is -2.01. The zero-order valence-corrected chi connectivity index (χ0v) is 11.3. The third-order valence-corrected chi connectivity index (χ3v) is 3.15. The number of urea groups is 1. The lowest BCUT2D eigenvalue weighted by atomic mass is 10.2. The number of rotatable bonds is 4. The van der Waals surface area contributed by atoms with E-state index in [4.69, 9.17) is 5.11 Å². The van der Waals surface area contributed by atoms with Crippen molar-refractivity contribution < 1.29 is 9.90 Å². The van der Waals surface area contributed by atoms with E-state index in [1.807, 2.05) is 30.5 Å². The molecule has 1 aromatic carbocycles. The fourth-order valence-electron chi connectivity index (χ4n) is 2.07. The number of nitrogens with zero attached hydrogens (tertiary/aromatic N) is 2. The maximum absolute atomic E-state index is 11.9. The Labute approximate surface area is 112 Å². The summed E-state index contributed by atoms with van der Waals surface area (Å²) in [5, 5.41) is 12.7. The third kappa shape index (κ3) is 2.71. The number of fused-ring (bicyclic) bond motifs is 1. The molecule has 0 saturated carbocycles. The number of likely N-dealkylation sites (N-methyl/N-ethyl adjacent to an activating group) is 1. The van der Waals surface area contributed by atoms with Crippen LogP contribution in [0, 0.1) is 0 Å². The number of amides is 2. The highest BCUT2D eigenvalue weighted by atomic mass is 16.3. The summed E-state index contributed by atoms with van der Waals surface area (Å²) in [6.45, 7) is 3.19. The number of aliphatic hydroxyl groups excluding tert-OH is 1. The predicted octanol–water partition coefficient (Wildman–Crippen LogP) is 2.12. The van der Waals surface area contributed by atoms with E-state index >= 15 is 0 Å². The lowest BCUT2D eigenvalue weighted by molar-refractivity contribution is 0.202. The summed E-state index contributed by atoms with van der Waals surface area (Å²) < 4.78 is 2.09. The van der Waals surface area contributed by atoms with Crippen molar-refractivity contribution in [2.24, 2.45) is 0 Å². The number of aliphatic hydroxyl groups is 1. The fraction of sp³-hybridized carbons (Fsp3) is 0.357. The molecule has 2 rings (SSSR count). The molecule has 2 aromatic rings. The van der Waals surface area contributed by atoms with Gasteiger partial charge in [-0.2, -0.15) is 0 Å². The molecule has 0 radical (unpaired) electrons. The first-order valence-corrected chi connectivity index (χ1v) is 6.38. The third-order valence-electron chi connectivity index (χ3n) is 3.15. The molecule has 5 nitrogen and oxygen atoms in total. The highest BCUT2D eigenvalue weighted by molar-refractivity contribution is 6.01. The van der Waals surface area contributed by atoms with Crippen LogP contribution in [0.15, 0.2) is 30.5 Å². The van der Waals surface area contributed by atoms with Crippen molar-refractivity contribution in [3.8, 4) is 0 Å². The number of hydrogen-bond donors (Lipinski definition) is 2. The van der Waals surface area contributed by atoms with Gasteiger partial charge in [0.2, 0.25) is 0 Å². The number of para-hydroxylation sites is 1. The number of hydrogen-bond acceptors (Lipinski definition) is 2. The number of aromatic nitrogens is 1. The number of anilines is 1. The summed E-state index contributed by atoms with van der Waals surface area (Å²) in [5.74, 6) is 0. The Morgan fingerprint density at radius 1 is 1.42 bits per heavy atom. The molecule has 0 saturated heterocycles. The van der Waals surface area contributed by atoms with E-state index in [1.54, 1.807) is 7.05 Å². The van der Waals surface area contributed by atoms with Crippen LogP contribution in [-0.2, 0) is 6.54 Å². The van der Waals surface area contributed by atoms with Crippen LogP contribution in [0.1, 0.15) is 6.92 Å². The number of aryl methyl sites for hydroxylation is 1. The van der Waals surface area contributed by atoms with Crippen LogP contribution < -0.4 is 5.32 Å². The van der Waals surface area contributed by atoms with Gasteiger partial charge in [-0.1, -0.05) is 18.2 Å². The van der Waals surface area contributed by atoms with Crippen molar-refractivity contribution in [3.63, 3.8) is 0 Å². The molecule has 102 valence electrons. The summed E-state index contributed by atoms with van der Waals surface area (Å²) >= 11 is 0. The van der Waals surface area contributed by atoms with E-state index in [0.29, 0.717) is 6.54 Å². The summed E-state index contributed by atoms with van der Waals surface area (Å²) in [6, 6.07) is 7.75. The highest BCUT2D eigenvalue weighted by Crippen LogP contribution is 2.25. The zero-order chi connectivity index (χ0) is 13.8. The number of carbonyl (C=O) groups is 1. The zero-order valence-electron chi connectivity index (χ0n) is 11.3. The van der Waals surface area contributed by atoms with Crippen LogP contribution >= 0.6 is 0 Å². The molecule has 1 heterocycles. The Morgan fingerprint density at radius 3 is 2.84 bits per heavy atom. The molecule has 0 unspecified atom stereocenters. The molecule has 0 aliphatic rings. The smallest absolute Gasteiger partial charge is 0.321 e. The Balaban J connectivity index is 2.28. The van der Waals surface area contributed by atoms with Gasteiger partial charge in [0.25, 0.3) is 0 Å². The summed E-state index contributed by atoms with van der Waals surface area (Å²) in [5.41, 5.74) is 1.90. The predicted molar refractivity (Wildman–Crippen MR) is 76.3 cm³/mol. The van der Waals surface area contributed by atoms with Crippen LogP contribution in [0.4, 0.5) is 10.5 Å². The molecular formula is C14H19N3O2. The van der Waals surface area contributed by atoms with Gasteiger partial charge in [-0.25, -0.2) is 4.79 Å². The van der Waals surface area contributed by atoms with Gasteiger partial charge in [0.15, 0.2) is 0 Å². The molecular weight excluding hydrogens is 242 g/mol. The van der Waals surface area contributed by atoms with Gasteiger partial charge in [0.1, 0.15) is 0 Å². The quantitative estimate of drug-likeness (QED) is 0.885. The van der Waals surface area contributed by atoms with Gasteiger partial charge >= 0.3 is 6.03 Å². The first-order valence-electron chi connectivity index (χ1n) is 6.38. The minimum Gasteiger partial charge on any atom is -0.395 e. The van der Waals surface area contributed by atoms with Crippen LogP contribution in [0.2, 0.25) is 0 Å². The van der Waals surface area contributed by atoms with Crippen LogP contribution in [0.3, 0.4) is 0 Å². The molecule has 0 aliphatic carbocycles. The van der Waals surface area contributed by atoms with Crippen molar-refractivity contribution >= 4 is 22.6 Å². The molecule has 19 heavy (non-hydrogen) atoms. The van der Waals surface area contributed by atoms with E-state index < -0.39 is 0 Å². The van der Waals surface area contributed by atoms with Crippen molar-refractivity contribution in [3.05, 3.63) is 30.5 Å². The van der Waals surface area contributed by atoms with Gasteiger partial charge < -0.3 is 19.9 Å². The molecule has 0 aliphatic heterocycles. The van der Waals surface area contributed by atoms with Crippen LogP contribution in [0.25, 0.3) is 10.9 Å². The average Bonchev–Trinajstić information content (AvgIpc) is 2.77. The van der Waals surface area contributed by atoms with Crippen LogP contribution in [-0.4, -0.2) is 40.8 Å². The molecule has 0 bridgehead atoms. The van der Waals surface area contributed by atoms with Crippen LogP contribution in [0.5, 0.6) is 0 Å². The number of carbonyl (C=O) groups excluding carboxylic acids is 1. The van der Waals surface area contributed by atoms with Crippen molar-refractivity contribution in [1.29, 1.82) is 0 Å². The lowest BCUT2D eigenvalue weighted by Crippen LogP contribution is -2.33. The number of benzene rings is 1. The normalized spacial score (nSPS) is 10.7. The first kappa shape index (κ1) is 13.4. The maximum atomic E-state index is 11.9. The Bertz CT molecular complexity index is 577. The second kappa shape index (κ2) is 5.75. The van der Waals surface area contributed by atoms with E-state index in [1.165, 1.54) is 4.90 Å². The average molecular weight is 261 g/mol. The monoisotopic (exact) mass is 261 g/mol. The molecule has 5 heteroatoms. The van der Waals surface area contributed by atoms with Gasteiger partial charge in [-0.05, 0) is 13.0 Å². The second-order valence-electron chi connectivity index (χ2n) is 4.42. The minimum absolute atomic E-state index is 0.0410. The van der Waals surface area contributed by atoms with Crippen molar-refractivity contribution in [2.45, 2.75) is 13.5 Å². The minimum atomic E-state index is -0.215. The fourth-order valence-corrected chi connectivity index (χ4v) is 2.07. The van der Waals surface area contributed by atoms with E-state index in [9.17, 15) is 4.79 Å². The van der Waals surface area contributed by atoms with E-state index in [-0.39, 0.29) is 12.6 Å². The molecule has 0 atom stereocenters. The maximum Gasteiger partial charge on any atom is 0.321 e. The first-order chi connectivity index (χ1) is 9.17. The molecule has 1 aromatic heterocycles. The van der Waals surface area contributed by atoms with E-state index in [2.05, 4.69) is 16.8 Å². The topological polar surface area (TPSA) is 57.5 Å². The molecule has 2 amide bonds. The van der Waals surface area contributed by atoms with Gasteiger partial charge in [0.05, 0.1) is 17.8 Å².